The molecule has 0 aromatic carbocycles. The topological polar surface area (TPSA) is 9.23 Å². The molecule has 16 heavy (non-hydrogen) atoms. The van der Waals surface area contributed by atoms with Gasteiger partial charge in [0.2, 0.25) is 0 Å². The fraction of sp³-hybridized carbons (Fsp3) is 1.00. The second kappa shape index (κ2) is 3.62. The summed E-state index contributed by atoms with van der Waals surface area (Å²) in [5, 5.41) is 0. The first kappa shape index (κ1) is 10.9. The molecule has 0 amide bonds. The summed E-state index contributed by atoms with van der Waals surface area (Å²) < 4.78 is 41.6. The van der Waals surface area contributed by atoms with Gasteiger partial charge in [-0.15, -0.1) is 0 Å². The van der Waals surface area contributed by atoms with Crippen molar-refractivity contribution >= 4 is 0 Å². The van der Waals surface area contributed by atoms with Crippen LogP contribution in [0.4, 0.5) is 13.2 Å². The monoisotopic (exact) mass is 234 g/mol. The molecule has 4 fully saturated rings. The predicted octanol–water partition coefficient (Wildman–Crippen LogP) is 3.39. The van der Waals surface area contributed by atoms with E-state index in [1.807, 2.05) is 0 Å². The molecule has 4 aliphatic carbocycles. The number of halogens is 3. The molecule has 4 heteroatoms. The van der Waals surface area contributed by atoms with Gasteiger partial charge in [-0.05, 0) is 55.8 Å². The van der Waals surface area contributed by atoms with E-state index in [2.05, 4.69) is 0 Å². The summed E-state index contributed by atoms with van der Waals surface area (Å²) in [7, 11) is 0. The van der Waals surface area contributed by atoms with E-state index in [4.69, 9.17) is 4.74 Å². The Morgan fingerprint density at radius 2 is 1.38 bits per heavy atom. The molecule has 0 aromatic rings. The van der Waals surface area contributed by atoms with E-state index in [-0.39, 0.29) is 6.10 Å². The maximum atomic E-state index is 12.1. The maximum absolute atomic E-state index is 12.1. The van der Waals surface area contributed by atoms with Gasteiger partial charge in [0.05, 0.1) is 6.10 Å². The van der Waals surface area contributed by atoms with Crippen LogP contribution in [0, 0.1) is 23.7 Å². The van der Waals surface area contributed by atoms with Crippen LogP contribution in [-0.2, 0) is 4.74 Å². The number of hydrogen-bond donors (Lipinski definition) is 0. The van der Waals surface area contributed by atoms with Gasteiger partial charge in [-0.2, -0.15) is 13.2 Å². The van der Waals surface area contributed by atoms with Gasteiger partial charge in [0.15, 0.2) is 0 Å². The summed E-state index contributed by atoms with van der Waals surface area (Å²) >= 11 is 0. The zero-order valence-corrected chi connectivity index (χ0v) is 9.17. The van der Waals surface area contributed by atoms with Gasteiger partial charge < -0.3 is 4.74 Å². The Bertz CT molecular complexity index is 246. The molecule has 0 spiro atoms. The molecule has 0 unspecified atom stereocenters. The van der Waals surface area contributed by atoms with Crippen LogP contribution in [0.25, 0.3) is 0 Å². The quantitative estimate of drug-likeness (QED) is 0.711. The van der Waals surface area contributed by atoms with Crippen LogP contribution in [-0.4, -0.2) is 18.9 Å². The standard InChI is InChI=1S/C12H17F3O/c13-12(14,15)6-16-11-9-2-7-1-8(4-9)5-10(11)3-7/h7-11H,1-6H2. The van der Waals surface area contributed by atoms with E-state index in [9.17, 15) is 13.2 Å². The van der Waals surface area contributed by atoms with Crippen molar-refractivity contribution in [2.24, 2.45) is 23.7 Å². The molecule has 0 radical (unpaired) electrons. The largest absolute Gasteiger partial charge is 0.411 e. The number of hydrogen-bond acceptors (Lipinski definition) is 1. The molecule has 0 aliphatic heterocycles. The van der Waals surface area contributed by atoms with Crippen LogP contribution in [0.1, 0.15) is 32.1 Å². The highest BCUT2D eigenvalue weighted by Gasteiger charge is 2.49. The van der Waals surface area contributed by atoms with Crippen molar-refractivity contribution in [3.05, 3.63) is 0 Å². The Labute approximate surface area is 93.3 Å². The van der Waals surface area contributed by atoms with E-state index in [0.29, 0.717) is 11.8 Å². The molecule has 4 saturated carbocycles. The zero-order chi connectivity index (χ0) is 11.3. The van der Waals surface area contributed by atoms with E-state index in [0.717, 1.165) is 37.5 Å². The molecular formula is C12H17F3O. The Morgan fingerprint density at radius 1 is 0.875 bits per heavy atom. The van der Waals surface area contributed by atoms with Gasteiger partial charge in [-0.25, -0.2) is 0 Å². The first-order valence-electron chi connectivity index (χ1n) is 6.19. The Balaban J connectivity index is 1.64. The summed E-state index contributed by atoms with van der Waals surface area (Å²) in [6.07, 6.45) is 1.47. The molecule has 0 heterocycles. The van der Waals surface area contributed by atoms with Crippen molar-refractivity contribution in [1.29, 1.82) is 0 Å². The van der Waals surface area contributed by atoms with Gasteiger partial charge in [0.25, 0.3) is 0 Å². The second-order valence-electron chi connectivity index (χ2n) is 5.82. The average molecular weight is 234 g/mol. The van der Waals surface area contributed by atoms with Gasteiger partial charge in [-0.1, -0.05) is 0 Å². The molecule has 0 N–H and O–H groups in total. The lowest BCUT2D eigenvalue weighted by atomic mass is 9.55. The minimum atomic E-state index is -4.17. The Hall–Kier alpha value is -0.250. The normalized spacial score (nSPS) is 46.3. The first-order chi connectivity index (χ1) is 7.51. The van der Waals surface area contributed by atoms with E-state index in [1.165, 1.54) is 6.42 Å². The summed E-state index contributed by atoms with van der Waals surface area (Å²) in [6, 6.07) is 0. The Morgan fingerprint density at radius 3 is 1.81 bits per heavy atom. The highest BCUT2D eigenvalue weighted by Crippen LogP contribution is 2.54. The van der Waals surface area contributed by atoms with E-state index in [1.54, 1.807) is 0 Å². The molecule has 0 atom stereocenters. The van der Waals surface area contributed by atoms with Crippen LogP contribution in [0.3, 0.4) is 0 Å². The predicted molar refractivity (Wildman–Crippen MR) is 52.8 cm³/mol. The fourth-order valence-electron chi connectivity index (χ4n) is 4.34. The van der Waals surface area contributed by atoms with Gasteiger partial charge >= 0.3 is 6.18 Å². The third-order valence-corrected chi connectivity index (χ3v) is 4.58. The van der Waals surface area contributed by atoms with Crippen LogP contribution in [0.5, 0.6) is 0 Å². The van der Waals surface area contributed by atoms with Crippen molar-refractivity contribution in [3.8, 4) is 0 Å². The van der Waals surface area contributed by atoms with Crippen LogP contribution in [0.15, 0.2) is 0 Å². The van der Waals surface area contributed by atoms with Gasteiger partial charge in [-0.3, -0.25) is 0 Å². The van der Waals surface area contributed by atoms with Crippen molar-refractivity contribution in [1.82, 2.24) is 0 Å². The molecule has 0 saturated heterocycles. The summed E-state index contributed by atoms with van der Waals surface area (Å²) in [5.74, 6) is 2.40. The molecule has 4 bridgehead atoms. The van der Waals surface area contributed by atoms with Crippen LogP contribution < -0.4 is 0 Å². The average Bonchev–Trinajstić information content (AvgIpc) is 2.13. The van der Waals surface area contributed by atoms with Crippen molar-refractivity contribution in [2.75, 3.05) is 6.61 Å². The SMILES string of the molecule is FC(F)(F)COC1C2CC3CC(C2)CC1C3. The lowest BCUT2D eigenvalue weighted by molar-refractivity contribution is -0.215. The molecule has 1 nitrogen and oxygen atoms in total. The van der Waals surface area contributed by atoms with E-state index < -0.39 is 12.8 Å². The number of alkyl halides is 3. The number of ether oxygens (including phenoxy) is 1. The van der Waals surface area contributed by atoms with Crippen molar-refractivity contribution in [2.45, 2.75) is 44.4 Å². The lowest BCUT2D eigenvalue weighted by Gasteiger charge is -2.54. The molecule has 92 valence electrons. The minimum Gasteiger partial charge on any atom is -0.368 e. The van der Waals surface area contributed by atoms with Crippen LogP contribution in [0.2, 0.25) is 0 Å². The van der Waals surface area contributed by atoms with Crippen molar-refractivity contribution < 1.29 is 17.9 Å². The summed E-state index contributed by atoms with van der Waals surface area (Å²) in [4.78, 5) is 0. The second-order valence-corrected chi connectivity index (χ2v) is 5.82. The molecule has 4 rings (SSSR count). The maximum Gasteiger partial charge on any atom is 0.411 e. The minimum absolute atomic E-state index is 0.102. The highest BCUT2D eigenvalue weighted by molar-refractivity contribution is 4.99. The van der Waals surface area contributed by atoms with Gasteiger partial charge in [0, 0.05) is 0 Å². The summed E-state index contributed by atoms with van der Waals surface area (Å²) in [6.45, 7) is -1.06. The Kier molecular flexibility index (Phi) is 2.46. The highest BCUT2D eigenvalue weighted by atomic mass is 19.4. The third kappa shape index (κ3) is 1.96. The summed E-state index contributed by atoms with van der Waals surface area (Å²) in [5.41, 5.74) is 0. The fourth-order valence-corrected chi connectivity index (χ4v) is 4.34. The zero-order valence-electron chi connectivity index (χ0n) is 9.17. The first-order valence-corrected chi connectivity index (χ1v) is 6.19. The lowest BCUT2D eigenvalue weighted by Crippen LogP contribution is -2.50. The van der Waals surface area contributed by atoms with E-state index >= 15 is 0 Å². The third-order valence-electron chi connectivity index (χ3n) is 4.58. The number of rotatable bonds is 2. The van der Waals surface area contributed by atoms with Crippen molar-refractivity contribution in [3.63, 3.8) is 0 Å². The van der Waals surface area contributed by atoms with Crippen LogP contribution >= 0.6 is 0 Å². The molecule has 0 aromatic heterocycles. The molecular weight excluding hydrogens is 217 g/mol. The smallest absolute Gasteiger partial charge is 0.368 e. The molecule has 4 aliphatic rings. The van der Waals surface area contributed by atoms with Gasteiger partial charge in [0.1, 0.15) is 6.61 Å².